The highest BCUT2D eigenvalue weighted by atomic mass is 16.5. The standard InChI is InChI=1S/C19H16N2O3/c1-24-18-10-9-13(11-17(18)22)12-20-21-19(23)16-8-4-6-14-5-2-3-7-15(14)16/h2-12,22H,1H3,(H,21,23)/b20-12+. The number of benzene rings is 3. The van der Waals surface area contributed by atoms with Crippen molar-refractivity contribution in [2.24, 2.45) is 5.10 Å². The van der Waals surface area contributed by atoms with E-state index in [4.69, 9.17) is 4.74 Å². The first-order chi connectivity index (χ1) is 11.7. The minimum Gasteiger partial charge on any atom is -0.504 e. The molecule has 5 heteroatoms. The van der Waals surface area contributed by atoms with Crippen LogP contribution >= 0.6 is 0 Å². The molecule has 0 saturated carbocycles. The summed E-state index contributed by atoms with van der Waals surface area (Å²) in [4.78, 5) is 12.3. The number of nitrogens with one attached hydrogen (secondary N) is 1. The van der Waals surface area contributed by atoms with E-state index in [9.17, 15) is 9.90 Å². The zero-order chi connectivity index (χ0) is 16.9. The zero-order valence-electron chi connectivity index (χ0n) is 13.1. The van der Waals surface area contributed by atoms with Crippen molar-refractivity contribution in [2.75, 3.05) is 7.11 Å². The largest absolute Gasteiger partial charge is 0.504 e. The lowest BCUT2D eigenvalue weighted by molar-refractivity contribution is 0.0957. The van der Waals surface area contributed by atoms with Gasteiger partial charge in [0.1, 0.15) is 0 Å². The van der Waals surface area contributed by atoms with Crippen LogP contribution in [0.2, 0.25) is 0 Å². The molecule has 0 aliphatic heterocycles. The van der Waals surface area contributed by atoms with E-state index in [1.165, 1.54) is 19.4 Å². The number of amides is 1. The monoisotopic (exact) mass is 320 g/mol. The molecule has 3 aromatic rings. The predicted octanol–water partition coefficient (Wildman–Crippen LogP) is 3.32. The third-order valence-electron chi connectivity index (χ3n) is 3.62. The lowest BCUT2D eigenvalue weighted by atomic mass is 10.0. The Morgan fingerprint density at radius 2 is 1.92 bits per heavy atom. The molecule has 0 unspecified atom stereocenters. The van der Waals surface area contributed by atoms with Crippen LogP contribution in [0.1, 0.15) is 15.9 Å². The second-order valence-electron chi connectivity index (χ2n) is 5.16. The SMILES string of the molecule is COc1ccc(/C=N/NC(=O)c2cccc3ccccc23)cc1O. The van der Waals surface area contributed by atoms with E-state index in [0.717, 1.165) is 10.8 Å². The molecule has 0 atom stereocenters. The number of phenolic OH excluding ortho intramolecular Hbond substituents is 1. The van der Waals surface area contributed by atoms with Gasteiger partial charge in [-0.15, -0.1) is 0 Å². The summed E-state index contributed by atoms with van der Waals surface area (Å²) in [5.41, 5.74) is 3.71. The summed E-state index contributed by atoms with van der Waals surface area (Å²) in [7, 11) is 1.48. The Kier molecular flexibility index (Phi) is 4.43. The molecular formula is C19H16N2O3. The lowest BCUT2D eigenvalue weighted by Crippen LogP contribution is -2.17. The fourth-order valence-electron chi connectivity index (χ4n) is 2.44. The third-order valence-corrected chi connectivity index (χ3v) is 3.62. The quantitative estimate of drug-likeness (QED) is 0.572. The van der Waals surface area contributed by atoms with Crippen LogP contribution in [0, 0.1) is 0 Å². The van der Waals surface area contributed by atoms with Gasteiger partial charge in [-0.25, -0.2) is 5.43 Å². The van der Waals surface area contributed by atoms with Gasteiger partial charge in [-0.2, -0.15) is 5.10 Å². The van der Waals surface area contributed by atoms with Gasteiger partial charge in [0.2, 0.25) is 0 Å². The van der Waals surface area contributed by atoms with Crippen molar-refractivity contribution in [3.63, 3.8) is 0 Å². The van der Waals surface area contributed by atoms with Gasteiger partial charge < -0.3 is 9.84 Å². The molecule has 0 fully saturated rings. The van der Waals surface area contributed by atoms with Gasteiger partial charge in [-0.1, -0.05) is 36.4 Å². The average molecular weight is 320 g/mol. The first kappa shape index (κ1) is 15.6. The summed E-state index contributed by atoms with van der Waals surface area (Å²) >= 11 is 0. The van der Waals surface area contributed by atoms with Gasteiger partial charge in [-0.3, -0.25) is 4.79 Å². The second kappa shape index (κ2) is 6.83. The van der Waals surface area contributed by atoms with Gasteiger partial charge in [0.25, 0.3) is 5.91 Å². The summed E-state index contributed by atoms with van der Waals surface area (Å²) in [5, 5.41) is 15.5. The molecule has 0 bridgehead atoms. The maximum Gasteiger partial charge on any atom is 0.271 e. The average Bonchev–Trinajstić information content (AvgIpc) is 2.61. The number of hydrazone groups is 1. The number of hydrogen-bond donors (Lipinski definition) is 2. The number of nitrogens with zero attached hydrogens (tertiary/aromatic N) is 1. The zero-order valence-corrected chi connectivity index (χ0v) is 13.1. The number of methoxy groups -OCH3 is 1. The van der Waals surface area contributed by atoms with Crippen LogP contribution < -0.4 is 10.2 Å². The Morgan fingerprint density at radius 1 is 1.12 bits per heavy atom. The fourth-order valence-corrected chi connectivity index (χ4v) is 2.44. The van der Waals surface area contributed by atoms with Gasteiger partial charge in [0.15, 0.2) is 11.5 Å². The summed E-state index contributed by atoms with van der Waals surface area (Å²) < 4.78 is 4.98. The van der Waals surface area contributed by atoms with Crippen molar-refractivity contribution in [2.45, 2.75) is 0 Å². The highest BCUT2D eigenvalue weighted by Gasteiger charge is 2.08. The Bertz CT molecular complexity index is 914. The molecule has 0 radical (unpaired) electrons. The number of rotatable bonds is 4. The van der Waals surface area contributed by atoms with E-state index >= 15 is 0 Å². The van der Waals surface area contributed by atoms with Crippen molar-refractivity contribution in [3.05, 3.63) is 71.8 Å². The number of carbonyl (C=O) groups is 1. The van der Waals surface area contributed by atoms with E-state index in [2.05, 4.69) is 10.5 Å². The minimum atomic E-state index is -0.291. The maximum absolute atomic E-state index is 12.3. The number of carbonyl (C=O) groups excluding carboxylic acids is 1. The number of phenols is 1. The topological polar surface area (TPSA) is 70.9 Å². The minimum absolute atomic E-state index is 0.0156. The molecule has 0 aromatic heterocycles. The number of fused-ring (bicyclic) bond motifs is 1. The molecular weight excluding hydrogens is 304 g/mol. The molecule has 3 aromatic carbocycles. The van der Waals surface area contributed by atoms with Crippen LogP contribution in [-0.4, -0.2) is 24.3 Å². The number of aromatic hydroxyl groups is 1. The first-order valence-electron chi connectivity index (χ1n) is 7.37. The van der Waals surface area contributed by atoms with Crippen LogP contribution in [0.3, 0.4) is 0 Å². The number of ether oxygens (including phenoxy) is 1. The second-order valence-corrected chi connectivity index (χ2v) is 5.16. The smallest absolute Gasteiger partial charge is 0.271 e. The van der Waals surface area contributed by atoms with Gasteiger partial charge in [-0.05, 0) is 40.6 Å². The molecule has 0 spiro atoms. The molecule has 0 aliphatic carbocycles. The van der Waals surface area contributed by atoms with Crippen molar-refractivity contribution >= 4 is 22.9 Å². The van der Waals surface area contributed by atoms with E-state index in [0.29, 0.717) is 16.9 Å². The van der Waals surface area contributed by atoms with Crippen LogP contribution in [0.25, 0.3) is 10.8 Å². The Labute approximate surface area is 139 Å². The summed E-state index contributed by atoms with van der Waals surface area (Å²) in [6, 6.07) is 18.1. The van der Waals surface area contributed by atoms with Crippen molar-refractivity contribution in [1.82, 2.24) is 5.43 Å². The molecule has 0 aliphatic rings. The van der Waals surface area contributed by atoms with E-state index in [-0.39, 0.29) is 11.7 Å². The highest BCUT2D eigenvalue weighted by molar-refractivity contribution is 6.07. The molecule has 3 rings (SSSR count). The Morgan fingerprint density at radius 3 is 2.71 bits per heavy atom. The summed E-state index contributed by atoms with van der Waals surface area (Å²) in [6.45, 7) is 0. The third kappa shape index (κ3) is 3.20. The van der Waals surface area contributed by atoms with E-state index < -0.39 is 0 Å². The molecule has 1 amide bonds. The Hall–Kier alpha value is -3.34. The fraction of sp³-hybridized carbons (Fsp3) is 0.0526. The molecule has 5 nitrogen and oxygen atoms in total. The van der Waals surface area contributed by atoms with Gasteiger partial charge in [0, 0.05) is 5.56 Å². The van der Waals surface area contributed by atoms with Crippen LogP contribution in [0.5, 0.6) is 11.5 Å². The van der Waals surface area contributed by atoms with Gasteiger partial charge in [0.05, 0.1) is 13.3 Å². The van der Waals surface area contributed by atoms with Crippen molar-refractivity contribution in [3.8, 4) is 11.5 Å². The predicted molar refractivity (Wildman–Crippen MR) is 93.7 cm³/mol. The first-order valence-corrected chi connectivity index (χ1v) is 7.37. The normalized spacial score (nSPS) is 10.9. The summed E-state index contributed by atoms with van der Waals surface area (Å²) in [6.07, 6.45) is 1.46. The van der Waals surface area contributed by atoms with E-state index in [1.807, 2.05) is 36.4 Å². The molecule has 2 N–H and O–H groups in total. The van der Waals surface area contributed by atoms with E-state index in [1.54, 1.807) is 18.2 Å². The summed E-state index contributed by atoms with van der Waals surface area (Å²) in [5.74, 6) is 0.106. The van der Waals surface area contributed by atoms with Crippen LogP contribution in [0.15, 0.2) is 65.8 Å². The molecule has 0 saturated heterocycles. The lowest BCUT2D eigenvalue weighted by Gasteiger charge is -2.05. The number of hydrogen-bond acceptors (Lipinski definition) is 4. The highest BCUT2D eigenvalue weighted by Crippen LogP contribution is 2.25. The molecule has 24 heavy (non-hydrogen) atoms. The van der Waals surface area contributed by atoms with Crippen molar-refractivity contribution in [1.29, 1.82) is 0 Å². The van der Waals surface area contributed by atoms with Gasteiger partial charge >= 0.3 is 0 Å². The Balaban J connectivity index is 1.76. The molecule has 0 heterocycles. The molecule has 120 valence electrons. The van der Waals surface area contributed by atoms with Crippen molar-refractivity contribution < 1.29 is 14.6 Å². The maximum atomic E-state index is 12.3. The van der Waals surface area contributed by atoms with Crippen LogP contribution in [0.4, 0.5) is 0 Å². The van der Waals surface area contributed by atoms with Crippen LogP contribution in [-0.2, 0) is 0 Å².